The van der Waals surface area contributed by atoms with E-state index in [9.17, 15) is 4.39 Å². The molecule has 0 bridgehead atoms. The van der Waals surface area contributed by atoms with E-state index >= 15 is 0 Å². The molecule has 16 heavy (non-hydrogen) atoms. The molecule has 1 saturated heterocycles. The van der Waals surface area contributed by atoms with Gasteiger partial charge in [0.15, 0.2) is 0 Å². The van der Waals surface area contributed by atoms with Crippen molar-refractivity contribution in [1.82, 2.24) is 4.90 Å². The van der Waals surface area contributed by atoms with E-state index in [0.717, 1.165) is 31.8 Å². The van der Waals surface area contributed by atoms with Crippen LogP contribution in [-0.2, 0) is 11.3 Å². The smallest absolute Gasteiger partial charge is 0.124 e. The van der Waals surface area contributed by atoms with E-state index in [0.29, 0.717) is 5.02 Å². The summed E-state index contributed by atoms with van der Waals surface area (Å²) in [5, 5.41) is 0.499. The van der Waals surface area contributed by atoms with E-state index in [-0.39, 0.29) is 11.9 Å². The quantitative estimate of drug-likeness (QED) is 0.792. The monoisotopic (exact) mass is 243 g/mol. The first-order chi connectivity index (χ1) is 7.65. The largest absolute Gasteiger partial charge is 0.376 e. The molecule has 4 heteroatoms. The van der Waals surface area contributed by atoms with Crippen LogP contribution in [0.4, 0.5) is 4.39 Å². The highest BCUT2D eigenvalue weighted by atomic mass is 35.5. The number of halogens is 2. The van der Waals surface area contributed by atoms with Gasteiger partial charge < -0.3 is 4.74 Å². The van der Waals surface area contributed by atoms with Crippen molar-refractivity contribution in [2.75, 3.05) is 19.7 Å². The Hall–Kier alpha value is -0.640. The van der Waals surface area contributed by atoms with E-state index in [2.05, 4.69) is 11.8 Å². The van der Waals surface area contributed by atoms with Gasteiger partial charge >= 0.3 is 0 Å². The molecule has 0 radical (unpaired) electrons. The van der Waals surface area contributed by atoms with E-state index in [4.69, 9.17) is 16.3 Å². The third-order valence-corrected chi connectivity index (χ3v) is 3.09. The number of hydrogen-bond acceptors (Lipinski definition) is 2. The third kappa shape index (κ3) is 2.94. The van der Waals surface area contributed by atoms with Gasteiger partial charge in [-0.05, 0) is 24.6 Å². The first kappa shape index (κ1) is 11.8. The maximum absolute atomic E-state index is 12.9. The lowest BCUT2D eigenvalue weighted by molar-refractivity contribution is -0.0212. The Morgan fingerprint density at radius 1 is 1.56 bits per heavy atom. The van der Waals surface area contributed by atoms with Crippen LogP contribution in [0.3, 0.4) is 0 Å². The summed E-state index contributed by atoms with van der Waals surface area (Å²) in [6.45, 7) is 5.36. The standard InChI is InChI=1S/C12H15ClFNO/c1-9-7-15(4-5-16-9)8-10-2-3-11(14)6-12(10)13/h2-3,6,9H,4-5,7-8H2,1H3. The number of morpholine rings is 1. The summed E-state index contributed by atoms with van der Waals surface area (Å²) in [5.41, 5.74) is 0.970. The molecule has 1 atom stereocenters. The predicted molar refractivity (Wildman–Crippen MR) is 62.1 cm³/mol. The SMILES string of the molecule is CC1CN(Cc2ccc(F)cc2Cl)CCO1. The highest BCUT2D eigenvalue weighted by Crippen LogP contribution is 2.20. The van der Waals surface area contributed by atoms with Crippen LogP contribution in [0.5, 0.6) is 0 Å². The average Bonchev–Trinajstić information content (AvgIpc) is 2.22. The molecule has 1 aromatic carbocycles. The number of nitrogens with zero attached hydrogens (tertiary/aromatic N) is 1. The Morgan fingerprint density at radius 3 is 3.06 bits per heavy atom. The van der Waals surface area contributed by atoms with Crippen molar-refractivity contribution in [1.29, 1.82) is 0 Å². The maximum atomic E-state index is 12.9. The first-order valence-electron chi connectivity index (χ1n) is 5.43. The fourth-order valence-electron chi connectivity index (χ4n) is 1.93. The van der Waals surface area contributed by atoms with Gasteiger partial charge in [-0.2, -0.15) is 0 Å². The zero-order chi connectivity index (χ0) is 11.5. The van der Waals surface area contributed by atoms with Crippen molar-refractivity contribution in [2.45, 2.75) is 19.6 Å². The van der Waals surface area contributed by atoms with Crippen molar-refractivity contribution in [3.8, 4) is 0 Å². The number of rotatable bonds is 2. The fourth-order valence-corrected chi connectivity index (χ4v) is 2.15. The maximum Gasteiger partial charge on any atom is 0.124 e. The molecule has 1 heterocycles. The molecule has 0 saturated carbocycles. The minimum Gasteiger partial charge on any atom is -0.376 e. The molecule has 2 nitrogen and oxygen atoms in total. The fraction of sp³-hybridized carbons (Fsp3) is 0.500. The van der Waals surface area contributed by atoms with Crippen LogP contribution in [-0.4, -0.2) is 30.7 Å². The normalized spacial score (nSPS) is 22.3. The molecule has 1 unspecified atom stereocenters. The van der Waals surface area contributed by atoms with Gasteiger partial charge in [-0.1, -0.05) is 17.7 Å². The van der Waals surface area contributed by atoms with Crippen LogP contribution in [0.15, 0.2) is 18.2 Å². The van der Waals surface area contributed by atoms with Gasteiger partial charge in [-0.3, -0.25) is 4.90 Å². The lowest BCUT2D eigenvalue weighted by Gasteiger charge is -2.31. The summed E-state index contributed by atoms with van der Waals surface area (Å²) in [6, 6.07) is 4.56. The molecule has 1 aliphatic rings. The van der Waals surface area contributed by atoms with Crippen LogP contribution in [0.2, 0.25) is 5.02 Å². The second-order valence-electron chi connectivity index (χ2n) is 4.15. The summed E-state index contributed by atoms with van der Waals surface area (Å²) in [7, 11) is 0. The van der Waals surface area contributed by atoms with E-state index in [1.54, 1.807) is 6.07 Å². The highest BCUT2D eigenvalue weighted by molar-refractivity contribution is 6.31. The van der Waals surface area contributed by atoms with E-state index in [1.807, 2.05) is 0 Å². The van der Waals surface area contributed by atoms with Gasteiger partial charge in [-0.15, -0.1) is 0 Å². The zero-order valence-electron chi connectivity index (χ0n) is 9.25. The summed E-state index contributed by atoms with van der Waals surface area (Å²) in [6.07, 6.45) is 0.257. The van der Waals surface area contributed by atoms with Crippen molar-refractivity contribution in [3.05, 3.63) is 34.6 Å². The Kier molecular flexibility index (Phi) is 3.79. The summed E-state index contributed by atoms with van der Waals surface area (Å²) >= 11 is 5.99. The second kappa shape index (κ2) is 5.13. The third-order valence-electron chi connectivity index (χ3n) is 2.73. The number of ether oxygens (including phenoxy) is 1. The number of hydrogen-bond donors (Lipinski definition) is 0. The summed E-state index contributed by atoms with van der Waals surface area (Å²) in [4.78, 5) is 2.27. The Morgan fingerprint density at radius 2 is 2.38 bits per heavy atom. The summed E-state index contributed by atoms with van der Waals surface area (Å²) < 4.78 is 18.3. The van der Waals surface area contributed by atoms with Gasteiger partial charge in [0.25, 0.3) is 0 Å². The lowest BCUT2D eigenvalue weighted by Crippen LogP contribution is -2.40. The molecule has 0 aromatic heterocycles. The molecule has 0 amide bonds. The van der Waals surface area contributed by atoms with Crippen molar-refractivity contribution >= 4 is 11.6 Å². The molecule has 0 spiro atoms. The first-order valence-corrected chi connectivity index (χ1v) is 5.81. The number of benzene rings is 1. The lowest BCUT2D eigenvalue weighted by atomic mass is 10.2. The van der Waals surface area contributed by atoms with Crippen molar-refractivity contribution in [2.24, 2.45) is 0 Å². The van der Waals surface area contributed by atoms with Gasteiger partial charge in [0.05, 0.1) is 12.7 Å². The molecule has 1 aliphatic heterocycles. The van der Waals surface area contributed by atoms with Gasteiger partial charge in [0.1, 0.15) is 5.82 Å². The topological polar surface area (TPSA) is 12.5 Å². The second-order valence-corrected chi connectivity index (χ2v) is 4.56. The zero-order valence-corrected chi connectivity index (χ0v) is 10.0. The molecule has 1 aromatic rings. The van der Waals surface area contributed by atoms with Crippen molar-refractivity contribution < 1.29 is 9.13 Å². The summed E-state index contributed by atoms with van der Waals surface area (Å²) in [5.74, 6) is -0.288. The van der Waals surface area contributed by atoms with Crippen LogP contribution in [0.1, 0.15) is 12.5 Å². The molecule has 2 rings (SSSR count). The molecule has 1 fully saturated rings. The van der Waals surface area contributed by atoms with Crippen LogP contribution >= 0.6 is 11.6 Å². The molecule has 0 aliphatic carbocycles. The highest BCUT2D eigenvalue weighted by Gasteiger charge is 2.17. The van der Waals surface area contributed by atoms with Gasteiger partial charge in [0, 0.05) is 24.7 Å². The Balaban J connectivity index is 2.02. The van der Waals surface area contributed by atoms with Gasteiger partial charge in [0.2, 0.25) is 0 Å². The van der Waals surface area contributed by atoms with Crippen LogP contribution in [0.25, 0.3) is 0 Å². The Labute approximate surface area is 100.0 Å². The van der Waals surface area contributed by atoms with Crippen molar-refractivity contribution in [3.63, 3.8) is 0 Å². The predicted octanol–water partition coefficient (Wildman–Crippen LogP) is 2.70. The molecule has 0 N–H and O–H groups in total. The molecule has 88 valence electrons. The van der Waals surface area contributed by atoms with Crippen LogP contribution in [0, 0.1) is 5.82 Å². The van der Waals surface area contributed by atoms with E-state index in [1.165, 1.54) is 12.1 Å². The minimum atomic E-state index is -0.288. The van der Waals surface area contributed by atoms with E-state index < -0.39 is 0 Å². The van der Waals surface area contributed by atoms with Crippen LogP contribution < -0.4 is 0 Å². The molecular formula is C12H15ClFNO. The minimum absolute atomic E-state index is 0.257. The Bertz CT molecular complexity index is 372. The van der Waals surface area contributed by atoms with Gasteiger partial charge in [-0.25, -0.2) is 4.39 Å². The molecular weight excluding hydrogens is 229 g/mol. The average molecular weight is 244 g/mol.